The molecule has 96 valence electrons. The maximum absolute atomic E-state index is 4.73. The van der Waals surface area contributed by atoms with Crippen molar-refractivity contribution in [2.24, 2.45) is 0 Å². The molecular formula is C14H17ClN2S. The fourth-order valence-electron chi connectivity index (χ4n) is 2.18. The van der Waals surface area contributed by atoms with Crippen LogP contribution in [-0.2, 0) is 6.42 Å². The summed E-state index contributed by atoms with van der Waals surface area (Å²) in [5.41, 5.74) is 2.53. The van der Waals surface area contributed by atoms with Gasteiger partial charge in [-0.05, 0) is 32.3 Å². The average molecular weight is 281 g/mol. The molecule has 1 aromatic carbocycles. The second-order valence-corrected chi connectivity index (χ2v) is 5.63. The first-order valence-electron chi connectivity index (χ1n) is 6.13. The second kappa shape index (κ2) is 5.72. The Morgan fingerprint density at radius 2 is 2.17 bits per heavy atom. The maximum Gasteiger partial charge on any atom is 0.140 e. The van der Waals surface area contributed by atoms with Gasteiger partial charge in [-0.1, -0.05) is 23.8 Å². The molecule has 1 aliphatic rings. The van der Waals surface area contributed by atoms with E-state index < -0.39 is 0 Å². The van der Waals surface area contributed by atoms with Gasteiger partial charge in [0.25, 0.3) is 0 Å². The summed E-state index contributed by atoms with van der Waals surface area (Å²) in [5.74, 6) is 1.11. The highest BCUT2D eigenvalue weighted by Gasteiger charge is 2.14. The van der Waals surface area contributed by atoms with Crippen molar-refractivity contribution in [1.82, 2.24) is 4.98 Å². The number of thiazole rings is 1. The van der Waals surface area contributed by atoms with Crippen LogP contribution in [0, 0.1) is 6.92 Å². The molecule has 4 heteroatoms. The van der Waals surface area contributed by atoms with Gasteiger partial charge in [-0.25, -0.2) is 4.98 Å². The molecule has 0 saturated carbocycles. The van der Waals surface area contributed by atoms with Gasteiger partial charge >= 0.3 is 0 Å². The van der Waals surface area contributed by atoms with Crippen LogP contribution in [0.25, 0.3) is 10.6 Å². The Kier molecular flexibility index (Phi) is 4.25. The minimum Gasteiger partial charge on any atom is -0.369 e. The fourth-order valence-corrected chi connectivity index (χ4v) is 3.25. The third-order valence-corrected chi connectivity index (χ3v) is 4.25. The van der Waals surface area contributed by atoms with E-state index in [1.54, 1.807) is 0 Å². The summed E-state index contributed by atoms with van der Waals surface area (Å²) in [6.45, 7) is 3.18. The molecule has 2 aromatic rings. The Labute approximate surface area is 118 Å². The first-order chi connectivity index (χ1) is 8.33. The highest BCUT2D eigenvalue weighted by molar-refractivity contribution is 7.15. The van der Waals surface area contributed by atoms with E-state index in [0.717, 1.165) is 17.4 Å². The van der Waals surface area contributed by atoms with E-state index in [4.69, 9.17) is 4.98 Å². The largest absolute Gasteiger partial charge is 0.369 e. The minimum atomic E-state index is 0. The van der Waals surface area contributed by atoms with Gasteiger partial charge in [0.05, 0.1) is 0 Å². The van der Waals surface area contributed by atoms with Crippen LogP contribution in [0.1, 0.15) is 23.3 Å². The van der Waals surface area contributed by atoms with Gasteiger partial charge in [0.15, 0.2) is 0 Å². The maximum atomic E-state index is 4.73. The van der Waals surface area contributed by atoms with Crippen molar-refractivity contribution in [2.75, 3.05) is 11.9 Å². The average Bonchev–Trinajstić information content (AvgIpc) is 2.61. The summed E-state index contributed by atoms with van der Waals surface area (Å²) in [6.07, 6.45) is 3.70. The molecular weight excluding hydrogens is 264 g/mol. The van der Waals surface area contributed by atoms with Crippen LogP contribution in [0.5, 0.6) is 0 Å². The predicted octanol–water partition coefficient (Wildman–Crippen LogP) is 4.29. The van der Waals surface area contributed by atoms with Crippen LogP contribution in [0.4, 0.5) is 5.82 Å². The smallest absolute Gasteiger partial charge is 0.140 e. The standard InChI is InChI=1S/C14H16N2S.ClH/c1-10-5-4-6-11(9-10)14-16-13-12(17-14)7-2-3-8-15-13;/h4-6,9,15H,2-3,7-8H2,1H3;1H. The van der Waals surface area contributed by atoms with Gasteiger partial charge in [-0.15, -0.1) is 23.7 Å². The predicted molar refractivity (Wildman–Crippen MR) is 81.0 cm³/mol. The number of nitrogens with zero attached hydrogens (tertiary/aromatic N) is 1. The zero-order chi connectivity index (χ0) is 11.7. The fraction of sp³-hybridized carbons (Fsp3) is 0.357. The van der Waals surface area contributed by atoms with Gasteiger partial charge in [-0.2, -0.15) is 0 Å². The van der Waals surface area contributed by atoms with Crippen LogP contribution >= 0.6 is 23.7 Å². The molecule has 0 saturated heterocycles. The molecule has 1 aromatic heterocycles. The molecule has 2 heterocycles. The highest BCUT2D eigenvalue weighted by atomic mass is 35.5. The molecule has 0 fully saturated rings. The first kappa shape index (κ1) is 13.4. The van der Waals surface area contributed by atoms with Crippen LogP contribution in [0.3, 0.4) is 0 Å². The quantitative estimate of drug-likeness (QED) is 0.843. The van der Waals surface area contributed by atoms with E-state index >= 15 is 0 Å². The molecule has 0 unspecified atom stereocenters. The summed E-state index contributed by atoms with van der Waals surface area (Å²) in [5, 5.41) is 4.58. The third-order valence-electron chi connectivity index (χ3n) is 3.09. The SMILES string of the molecule is Cc1cccc(-c2nc3c(s2)CCCCN3)c1.Cl. The summed E-state index contributed by atoms with van der Waals surface area (Å²) in [7, 11) is 0. The van der Waals surface area contributed by atoms with Gasteiger partial charge in [-0.3, -0.25) is 0 Å². The molecule has 3 rings (SSSR count). The topological polar surface area (TPSA) is 24.9 Å². The van der Waals surface area contributed by atoms with Crippen molar-refractivity contribution in [2.45, 2.75) is 26.2 Å². The van der Waals surface area contributed by atoms with Crippen LogP contribution in [0.15, 0.2) is 24.3 Å². The lowest BCUT2D eigenvalue weighted by Crippen LogP contribution is -1.99. The zero-order valence-electron chi connectivity index (χ0n) is 10.4. The zero-order valence-corrected chi connectivity index (χ0v) is 12.0. The van der Waals surface area contributed by atoms with Crippen LogP contribution < -0.4 is 5.32 Å². The molecule has 0 amide bonds. The molecule has 0 aliphatic carbocycles. The molecule has 0 bridgehead atoms. The monoisotopic (exact) mass is 280 g/mol. The number of aromatic nitrogens is 1. The Bertz CT molecular complexity index is 513. The first-order valence-corrected chi connectivity index (χ1v) is 6.95. The van der Waals surface area contributed by atoms with E-state index in [0.29, 0.717) is 0 Å². The van der Waals surface area contributed by atoms with Crippen LogP contribution in [-0.4, -0.2) is 11.5 Å². The van der Waals surface area contributed by atoms with Gasteiger partial charge in [0.2, 0.25) is 0 Å². The number of fused-ring (bicyclic) bond motifs is 1. The number of hydrogen-bond donors (Lipinski definition) is 1. The summed E-state index contributed by atoms with van der Waals surface area (Å²) < 4.78 is 0. The van der Waals surface area contributed by atoms with E-state index in [9.17, 15) is 0 Å². The normalized spacial score (nSPS) is 14.1. The Balaban J connectivity index is 0.00000120. The van der Waals surface area contributed by atoms with E-state index in [2.05, 4.69) is 36.5 Å². The number of halogens is 1. The van der Waals surface area contributed by atoms with E-state index in [-0.39, 0.29) is 12.4 Å². The van der Waals surface area contributed by atoms with Crippen LogP contribution in [0.2, 0.25) is 0 Å². The van der Waals surface area contributed by atoms with Gasteiger partial charge < -0.3 is 5.32 Å². The van der Waals surface area contributed by atoms with Crippen molar-refractivity contribution in [3.05, 3.63) is 34.7 Å². The summed E-state index contributed by atoms with van der Waals surface area (Å²) >= 11 is 1.84. The van der Waals surface area contributed by atoms with Crippen molar-refractivity contribution >= 4 is 29.6 Å². The van der Waals surface area contributed by atoms with E-state index in [1.165, 1.54) is 35.3 Å². The second-order valence-electron chi connectivity index (χ2n) is 4.54. The lowest BCUT2D eigenvalue weighted by Gasteiger charge is -1.99. The van der Waals surface area contributed by atoms with Crippen molar-refractivity contribution in [3.8, 4) is 10.6 Å². The molecule has 1 N–H and O–H groups in total. The number of aryl methyl sites for hydroxylation is 2. The molecule has 0 atom stereocenters. The van der Waals surface area contributed by atoms with Crippen molar-refractivity contribution < 1.29 is 0 Å². The Morgan fingerprint density at radius 3 is 3.00 bits per heavy atom. The molecule has 18 heavy (non-hydrogen) atoms. The number of benzene rings is 1. The highest BCUT2D eigenvalue weighted by Crippen LogP contribution is 2.33. The molecule has 0 spiro atoms. The summed E-state index contributed by atoms with van der Waals surface area (Å²) in [6, 6.07) is 8.58. The molecule has 0 radical (unpaired) electrons. The molecule has 2 nitrogen and oxygen atoms in total. The number of rotatable bonds is 1. The molecule has 1 aliphatic heterocycles. The van der Waals surface area contributed by atoms with Crippen molar-refractivity contribution in [3.63, 3.8) is 0 Å². The van der Waals surface area contributed by atoms with Crippen molar-refractivity contribution in [1.29, 1.82) is 0 Å². The lowest BCUT2D eigenvalue weighted by atomic mass is 10.1. The van der Waals surface area contributed by atoms with E-state index in [1.807, 2.05) is 11.3 Å². The number of anilines is 1. The summed E-state index contributed by atoms with van der Waals surface area (Å²) in [4.78, 5) is 6.15. The van der Waals surface area contributed by atoms with Gasteiger partial charge in [0, 0.05) is 17.0 Å². The van der Waals surface area contributed by atoms with Gasteiger partial charge in [0.1, 0.15) is 10.8 Å². The Hall–Kier alpha value is -1.06. The lowest BCUT2D eigenvalue weighted by molar-refractivity contribution is 0.790. The third kappa shape index (κ3) is 2.68. The number of nitrogens with one attached hydrogen (secondary N) is 1. The Morgan fingerprint density at radius 1 is 1.28 bits per heavy atom. The number of hydrogen-bond acceptors (Lipinski definition) is 3. The minimum absolute atomic E-state index is 0.